The van der Waals surface area contributed by atoms with E-state index in [1.807, 2.05) is 25.1 Å². The molecule has 0 bridgehead atoms. The highest BCUT2D eigenvalue weighted by molar-refractivity contribution is 5.97. The minimum atomic E-state index is -0.324. The molecule has 2 aliphatic rings. The lowest BCUT2D eigenvalue weighted by Crippen LogP contribution is -2.20. The fraction of sp³-hybridized carbons (Fsp3) is 0.294. The lowest BCUT2D eigenvalue weighted by Gasteiger charge is -2.26. The van der Waals surface area contributed by atoms with Crippen LogP contribution in [0.25, 0.3) is 0 Å². The van der Waals surface area contributed by atoms with Crippen molar-refractivity contribution < 1.29 is 19.0 Å². The number of hydrogen-bond acceptors (Lipinski definition) is 6. The number of ether oxygens (including phenoxy) is 3. The number of anilines is 1. The smallest absolute Gasteiger partial charge is 0.337 e. The highest BCUT2D eigenvalue weighted by Crippen LogP contribution is 2.47. The molecule has 0 fully saturated rings. The van der Waals surface area contributed by atoms with Gasteiger partial charge in [-0.25, -0.2) is 4.79 Å². The molecule has 4 rings (SSSR count). The number of carbonyl (C=O) groups is 1. The maximum Gasteiger partial charge on any atom is 0.337 e. The van der Waals surface area contributed by atoms with E-state index in [0.717, 1.165) is 22.5 Å². The third-order valence-electron chi connectivity index (χ3n) is 4.48. The number of cyclic esters (lactones) is 1. The highest BCUT2D eigenvalue weighted by atomic mass is 16.5. The van der Waals surface area contributed by atoms with Gasteiger partial charge in [-0.3, -0.25) is 5.10 Å². The second-order valence-corrected chi connectivity index (χ2v) is 5.75. The van der Waals surface area contributed by atoms with Gasteiger partial charge in [-0.1, -0.05) is 0 Å². The molecule has 1 aromatic carbocycles. The van der Waals surface area contributed by atoms with Gasteiger partial charge in [-0.2, -0.15) is 5.10 Å². The average molecular weight is 327 g/mol. The van der Waals surface area contributed by atoms with Crippen molar-refractivity contribution in [2.24, 2.45) is 0 Å². The monoisotopic (exact) mass is 327 g/mol. The summed E-state index contributed by atoms with van der Waals surface area (Å²) in [6, 6.07) is 5.56. The summed E-state index contributed by atoms with van der Waals surface area (Å²) in [4.78, 5) is 12.4. The number of rotatable bonds is 3. The summed E-state index contributed by atoms with van der Waals surface area (Å²) in [5.41, 5.74) is 3.99. The fourth-order valence-electron chi connectivity index (χ4n) is 3.36. The summed E-state index contributed by atoms with van der Waals surface area (Å²) >= 11 is 0. The van der Waals surface area contributed by atoms with Crippen molar-refractivity contribution in [3.63, 3.8) is 0 Å². The Labute approximate surface area is 138 Å². The van der Waals surface area contributed by atoms with Crippen LogP contribution in [0.3, 0.4) is 0 Å². The summed E-state index contributed by atoms with van der Waals surface area (Å²) in [6.45, 7) is 2.15. The zero-order valence-electron chi connectivity index (χ0n) is 13.6. The quantitative estimate of drug-likeness (QED) is 0.840. The van der Waals surface area contributed by atoms with Crippen molar-refractivity contribution in [2.45, 2.75) is 12.8 Å². The molecule has 7 heteroatoms. The highest BCUT2D eigenvalue weighted by Gasteiger charge is 2.41. The fourth-order valence-corrected chi connectivity index (χ4v) is 3.36. The lowest BCUT2D eigenvalue weighted by atomic mass is 9.81. The predicted molar refractivity (Wildman–Crippen MR) is 86.3 cm³/mol. The summed E-state index contributed by atoms with van der Waals surface area (Å²) in [5.74, 6) is 1.44. The Morgan fingerprint density at radius 2 is 2.12 bits per heavy atom. The van der Waals surface area contributed by atoms with Gasteiger partial charge in [-0.15, -0.1) is 0 Å². The molecule has 3 heterocycles. The van der Waals surface area contributed by atoms with Crippen molar-refractivity contribution in [3.05, 3.63) is 46.3 Å². The molecule has 0 saturated heterocycles. The molecule has 2 N–H and O–H groups in total. The number of esters is 1. The van der Waals surface area contributed by atoms with Gasteiger partial charge < -0.3 is 19.5 Å². The summed E-state index contributed by atoms with van der Waals surface area (Å²) in [6.07, 6.45) is 0. The first-order valence-electron chi connectivity index (χ1n) is 7.58. The van der Waals surface area contributed by atoms with Crippen LogP contribution in [-0.4, -0.2) is 37.0 Å². The molecule has 0 saturated carbocycles. The van der Waals surface area contributed by atoms with E-state index in [9.17, 15) is 4.79 Å². The van der Waals surface area contributed by atoms with Gasteiger partial charge in [0.2, 0.25) is 0 Å². The molecule has 124 valence electrons. The summed E-state index contributed by atoms with van der Waals surface area (Å²) in [7, 11) is 3.22. The first kappa shape index (κ1) is 14.6. The SMILES string of the molecule is COc1ccc(OC)c([C@@H]2C3=C(COC3=O)Nc3n[nH]c(C)c32)c1. The molecule has 0 spiro atoms. The molecule has 0 aliphatic carbocycles. The molecule has 2 aliphatic heterocycles. The number of aryl methyl sites for hydroxylation is 1. The van der Waals surface area contributed by atoms with Crippen LogP contribution in [0.1, 0.15) is 22.7 Å². The molecule has 1 atom stereocenters. The Kier molecular flexibility index (Phi) is 3.23. The second-order valence-electron chi connectivity index (χ2n) is 5.75. The Balaban J connectivity index is 1.98. The van der Waals surface area contributed by atoms with E-state index >= 15 is 0 Å². The Hall–Kier alpha value is -2.96. The number of fused-ring (bicyclic) bond motifs is 1. The number of H-pyrrole nitrogens is 1. The molecular weight excluding hydrogens is 310 g/mol. The van der Waals surface area contributed by atoms with E-state index in [-0.39, 0.29) is 18.5 Å². The van der Waals surface area contributed by atoms with Crippen molar-refractivity contribution in [1.29, 1.82) is 0 Å². The summed E-state index contributed by atoms with van der Waals surface area (Å²) < 4.78 is 16.1. The van der Waals surface area contributed by atoms with E-state index in [2.05, 4.69) is 15.5 Å². The number of methoxy groups -OCH3 is 2. The van der Waals surface area contributed by atoms with Gasteiger partial charge in [0, 0.05) is 16.8 Å². The van der Waals surface area contributed by atoms with Gasteiger partial charge >= 0.3 is 5.97 Å². The van der Waals surface area contributed by atoms with Gasteiger partial charge in [-0.05, 0) is 25.1 Å². The number of nitrogens with zero attached hydrogens (tertiary/aromatic N) is 1. The number of aromatic nitrogens is 2. The molecule has 0 unspecified atom stereocenters. The number of benzene rings is 1. The van der Waals surface area contributed by atoms with E-state index in [1.54, 1.807) is 14.2 Å². The maximum atomic E-state index is 12.4. The zero-order chi connectivity index (χ0) is 16.8. The minimum absolute atomic E-state index is 0.225. The normalized spacial score (nSPS) is 18.6. The minimum Gasteiger partial charge on any atom is -0.497 e. The van der Waals surface area contributed by atoms with Crippen LogP contribution in [0.5, 0.6) is 11.5 Å². The topological polar surface area (TPSA) is 85.5 Å². The van der Waals surface area contributed by atoms with Crippen LogP contribution in [0.15, 0.2) is 29.5 Å². The van der Waals surface area contributed by atoms with Crippen molar-refractivity contribution in [1.82, 2.24) is 10.2 Å². The number of carbonyl (C=O) groups excluding carboxylic acids is 1. The van der Waals surface area contributed by atoms with Crippen LogP contribution in [-0.2, 0) is 9.53 Å². The van der Waals surface area contributed by atoms with E-state index in [0.29, 0.717) is 22.9 Å². The van der Waals surface area contributed by atoms with E-state index in [4.69, 9.17) is 14.2 Å². The molecule has 0 radical (unpaired) electrons. The van der Waals surface area contributed by atoms with Crippen LogP contribution < -0.4 is 14.8 Å². The standard InChI is InChI=1S/C17H17N3O4/c1-8-13-14(10-6-9(22-2)4-5-12(10)23-3)15-11(7-24-17(15)21)18-16(13)20-19-8/h4-6,14H,7H2,1-3H3,(H2,18,19,20)/t14-/m0/s1. The summed E-state index contributed by atoms with van der Waals surface area (Å²) in [5, 5.41) is 10.5. The molecule has 2 aromatic rings. The Morgan fingerprint density at radius 3 is 2.88 bits per heavy atom. The van der Waals surface area contributed by atoms with Gasteiger partial charge in [0.1, 0.15) is 18.1 Å². The van der Waals surface area contributed by atoms with E-state index in [1.165, 1.54) is 0 Å². The number of hydrogen-bond donors (Lipinski definition) is 2. The van der Waals surface area contributed by atoms with Crippen LogP contribution >= 0.6 is 0 Å². The number of nitrogens with one attached hydrogen (secondary N) is 2. The Bertz CT molecular complexity index is 869. The first-order chi connectivity index (χ1) is 11.6. The van der Waals surface area contributed by atoms with Gasteiger partial charge in [0.05, 0.1) is 31.4 Å². The first-order valence-corrected chi connectivity index (χ1v) is 7.58. The largest absolute Gasteiger partial charge is 0.497 e. The molecule has 1 aromatic heterocycles. The van der Waals surface area contributed by atoms with Crippen molar-refractivity contribution in [3.8, 4) is 11.5 Å². The van der Waals surface area contributed by atoms with Crippen LogP contribution in [0, 0.1) is 6.92 Å². The predicted octanol–water partition coefficient (Wildman–Crippen LogP) is 2.10. The maximum absolute atomic E-state index is 12.4. The van der Waals surface area contributed by atoms with Crippen LogP contribution in [0.4, 0.5) is 5.82 Å². The number of aromatic amines is 1. The zero-order valence-corrected chi connectivity index (χ0v) is 13.6. The third-order valence-corrected chi connectivity index (χ3v) is 4.48. The lowest BCUT2D eigenvalue weighted by molar-refractivity contribution is -0.136. The molecule has 24 heavy (non-hydrogen) atoms. The second kappa shape index (κ2) is 5.30. The molecular formula is C17H17N3O4. The average Bonchev–Trinajstić information content (AvgIpc) is 3.16. The van der Waals surface area contributed by atoms with E-state index < -0.39 is 0 Å². The molecule has 7 nitrogen and oxygen atoms in total. The van der Waals surface area contributed by atoms with Crippen molar-refractivity contribution >= 4 is 11.8 Å². The van der Waals surface area contributed by atoms with Crippen molar-refractivity contribution in [2.75, 3.05) is 26.1 Å². The Morgan fingerprint density at radius 1 is 1.29 bits per heavy atom. The van der Waals surface area contributed by atoms with Gasteiger partial charge in [0.25, 0.3) is 0 Å². The van der Waals surface area contributed by atoms with Gasteiger partial charge in [0.15, 0.2) is 5.82 Å². The third kappa shape index (κ3) is 1.97. The van der Waals surface area contributed by atoms with Crippen LogP contribution in [0.2, 0.25) is 0 Å². The molecule has 0 amide bonds.